The molecule has 1 atom stereocenters. The van der Waals surface area contributed by atoms with E-state index in [0.29, 0.717) is 13.1 Å². The van der Waals surface area contributed by atoms with Crippen molar-refractivity contribution in [2.45, 2.75) is 12.6 Å². The summed E-state index contributed by atoms with van der Waals surface area (Å²) in [5, 5.41) is 5.62. The topological polar surface area (TPSA) is 70.4 Å². The Hall–Kier alpha value is -2.34. The van der Waals surface area contributed by atoms with Crippen LogP contribution in [0.3, 0.4) is 0 Å². The molecule has 0 bridgehead atoms. The predicted molar refractivity (Wildman–Crippen MR) is 79.6 cm³/mol. The number of nitrogens with zero attached hydrogens (tertiary/aromatic N) is 2. The molecule has 0 saturated heterocycles. The van der Waals surface area contributed by atoms with E-state index < -0.39 is 0 Å². The van der Waals surface area contributed by atoms with Gasteiger partial charge in [-0.2, -0.15) is 0 Å². The highest BCUT2D eigenvalue weighted by Crippen LogP contribution is 2.17. The number of likely N-dealkylation sites (N-methyl/N-ethyl adjacent to an activating group) is 1. The van der Waals surface area contributed by atoms with Gasteiger partial charge in [0, 0.05) is 12.7 Å². The lowest BCUT2D eigenvalue weighted by molar-refractivity contribution is 0.225. The van der Waals surface area contributed by atoms with E-state index in [-0.39, 0.29) is 12.1 Å². The van der Waals surface area contributed by atoms with Gasteiger partial charge in [0.2, 0.25) is 0 Å². The van der Waals surface area contributed by atoms with E-state index in [1.165, 1.54) is 0 Å². The van der Waals surface area contributed by atoms with Crippen LogP contribution in [0.25, 0.3) is 0 Å². The fraction of sp³-hybridized carbons (Fsp3) is 0.333. The fourth-order valence-electron chi connectivity index (χ4n) is 1.94. The van der Waals surface area contributed by atoms with Crippen LogP contribution in [0.1, 0.15) is 17.5 Å². The number of carbonyl (C=O) groups excluding carboxylic acids is 1. The lowest BCUT2D eigenvalue weighted by Crippen LogP contribution is -2.40. The Kier molecular flexibility index (Phi) is 5.34. The van der Waals surface area contributed by atoms with Gasteiger partial charge in [0.15, 0.2) is 0 Å². The average Bonchev–Trinajstić information content (AvgIpc) is 3.00. The molecule has 6 heteroatoms. The Morgan fingerprint density at radius 2 is 2.14 bits per heavy atom. The van der Waals surface area contributed by atoms with Crippen molar-refractivity contribution < 1.29 is 9.21 Å². The Bertz CT molecular complexity index is 540. The van der Waals surface area contributed by atoms with Crippen molar-refractivity contribution in [1.82, 2.24) is 20.5 Å². The van der Waals surface area contributed by atoms with Gasteiger partial charge in [-0.25, -0.2) is 4.79 Å². The first-order chi connectivity index (χ1) is 10.2. The molecule has 0 radical (unpaired) electrons. The summed E-state index contributed by atoms with van der Waals surface area (Å²) >= 11 is 0. The van der Waals surface area contributed by atoms with E-state index in [1.54, 1.807) is 12.5 Å². The van der Waals surface area contributed by atoms with E-state index in [2.05, 4.69) is 15.6 Å². The van der Waals surface area contributed by atoms with Crippen LogP contribution < -0.4 is 10.6 Å². The van der Waals surface area contributed by atoms with Crippen molar-refractivity contribution in [3.8, 4) is 0 Å². The first kappa shape index (κ1) is 15.1. The summed E-state index contributed by atoms with van der Waals surface area (Å²) in [6.45, 7) is 0.870. The number of nitrogens with one attached hydrogen (secondary N) is 2. The predicted octanol–water partition coefficient (Wildman–Crippen LogP) is 1.78. The van der Waals surface area contributed by atoms with Crippen LogP contribution in [0.4, 0.5) is 4.79 Å². The summed E-state index contributed by atoms with van der Waals surface area (Å²) in [6, 6.07) is 9.12. The highest BCUT2D eigenvalue weighted by atomic mass is 16.3. The molecular weight excluding hydrogens is 268 g/mol. The minimum Gasteiger partial charge on any atom is -0.468 e. The van der Waals surface area contributed by atoms with Crippen LogP contribution in [0.15, 0.2) is 47.2 Å². The summed E-state index contributed by atoms with van der Waals surface area (Å²) < 4.78 is 5.40. The van der Waals surface area contributed by atoms with Crippen LogP contribution in [0.2, 0.25) is 0 Å². The summed E-state index contributed by atoms with van der Waals surface area (Å²) in [6.07, 6.45) is 3.33. The van der Waals surface area contributed by atoms with Gasteiger partial charge < -0.3 is 15.1 Å². The molecule has 2 rings (SSSR count). The van der Waals surface area contributed by atoms with Gasteiger partial charge in [-0.3, -0.25) is 9.88 Å². The normalized spacial score (nSPS) is 12.1. The first-order valence-corrected chi connectivity index (χ1v) is 6.78. The standard InChI is InChI=1S/C15H20N4O2/c1-19(2)13(14-7-5-9-21-14)11-18-15(20)17-10-12-6-3-4-8-16-12/h3-9,13H,10-11H2,1-2H3,(H2,17,18,20)/t13-/m0/s1. The van der Waals surface area contributed by atoms with Crippen LogP contribution >= 0.6 is 0 Å². The smallest absolute Gasteiger partial charge is 0.315 e. The Morgan fingerprint density at radius 1 is 1.29 bits per heavy atom. The van der Waals surface area contributed by atoms with Gasteiger partial charge in [-0.1, -0.05) is 6.07 Å². The van der Waals surface area contributed by atoms with Crippen molar-refractivity contribution in [3.05, 3.63) is 54.2 Å². The third-order valence-corrected chi connectivity index (χ3v) is 3.11. The fourth-order valence-corrected chi connectivity index (χ4v) is 1.94. The quantitative estimate of drug-likeness (QED) is 0.850. The van der Waals surface area contributed by atoms with Crippen LogP contribution in [-0.2, 0) is 6.54 Å². The second-order valence-corrected chi connectivity index (χ2v) is 4.88. The molecule has 2 aromatic heterocycles. The average molecular weight is 288 g/mol. The second kappa shape index (κ2) is 7.44. The molecule has 0 spiro atoms. The van der Waals surface area contributed by atoms with Crippen molar-refractivity contribution >= 4 is 6.03 Å². The number of hydrogen-bond donors (Lipinski definition) is 2. The van der Waals surface area contributed by atoms with E-state index in [1.807, 2.05) is 49.3 Å². The number of rotatable bonds is 6. The number of amides is 2. The van der Waals surface area contributed by atoms with Crippen LogP contribution in [0.5, 0.6) is 0 Å². The number of furan rings is 1. The largest absolute Gasteiger partial charge is 0.468 e. The van der Waals surface area contributed by atoms with E-state index in [0.717, 1.165) is 11.5 Å². The molecule has 0 aliphatic heterocycles. The minimum atomic E-state index is -0.223. The van der Waals surface area contributed by atoms with E-state index in [4.69, 9.17) is 4.42 Å². The van der Waals surface area contributed by atoms with Gasteiger partial charge in [-0.05, 0) is 38.4 Å². The molecule has 112 valence electrons. The van der Waals surface area contributed by atoms with Gasteiger partial charge >= 0.3 is 6.03 Å². The molecule has 0 unspecified atom stereocenters. The molecule has 0 saturated carbocycles. The maximum absolute atomic E-state index is 11.8. The number of urea groups is 1. The summed E-state index contributed by atoms with van der Waals surface area (Å²) in [5.41, 5.74) is 0.822. The molecular formula is C15H20N4O2. The monoisotopic (exact) mass is 288 g/mol. The molecule has 2 amide bonds. The summed E-state index contributed by atoms with van der Waals surface area (Å²) in [7, 11) is 3.89. The zero-order valence-corrected chi connectivity index (χ0v) is 12.2. The molecule has 0 aromatic carbocycles. The molecule has 2 N–H and O–H groups in total. The zero-order chi connectivity index (χ0) is 15.1. The zero-order valence-electron chi connectivity index (χ0n) is 12.2. The number of carbonyl (C=O) groups is 1. The lowest BCUT2D eigenvalue weighted by atomic mass is 10.2. The maximum atomic E-state index is 11.8. The van der Waals surface area contributed by atoms with Gasteiger partial charge in [0.05, 0.1) is 24.5 Å². The van der Waals surface area contributed by atoms with Gasteiger partial charge in [0.1, 0.15) is 5.76 Å². The van der Waals surface area contributed by atoms with Gasteiger partial charge in [0.25, 0.3) is 0 Å². The van der Waals surface area contributed by atoms with Crippen molar-refractivity contribution in [2.24, 2.45) is 0 Å². The highest BCUT2D eigenvalue weighted by Gasteiger charge is 2.17. The maximum Gasteiger partial charge on any atom is 0.315 e. The minimum absolute atomic E-state index is 0.000556. The first-order valence-electron chi connectivity index (χ1n) is 6.78. The number of aromatic nitrogens is 1. The molecule has 6 nitrogen and oxygen atoms in total. The third kappa shape index (κ3) is 4.61. The molecule has 21 heavy (non-hydrogen) atoms. The molecule has 0 aliphatic carbocycles. The Morgan fingerprint density at radius 3 is 2.76 bits per heavy atom. The third-order valence-electron chi connectivity index (χ3n) is 3.11. The van der Waals surface area contributed by atoms with E-state index in [9.17, 15) is 4.79 Å². The Labute approximate surface area is 124 Å². The van der Waals surface area contributed by atoms with Crippen LogP contribution in [-0.4, -0.2) is 36.6 Å². The summed E-state index contributed by atoms with van der Waals surface area (Å²) in [5.74, 6) is 0.824. The molecule has 0 fully saturated rings. The number of pyridine rings is 1. The lowest BCUT2D eigenvalue weighted by Gasteiger charge is -2.22. The van der Waals surface area contributed by atoms with Crippen molar-refractivity contribution in [2.75, 3.05) is 20.6 Å². The van der Waals surface area contributed by atoms with Gasteiger partial charge in [-0.15, -0.1) is 0 Å². The van der Waals surface area contributed by atoms with Crippen molar-refractivity contribution in [1.29, 1.82) is 0 Å². The Balaban J connectivity index is 1.80. The van der Waals surface area contributed by atoms with E-state index >= 15 is 0 Å². The number of hydrogen-bond acceptors (Lipinski definition) is 4. The summed E-state index contributed by atoms with van der Waals surface area (Å²) in [4.78, 5) is 18.0. The van der Waals surface area contributed by atoms with Crippen molar-refractivity contribution in [3.63, 3.8) is 0 Å². The van der Waals surface area contributed by atoms with Crippen LogP contribution in [0, 0.1) is 0 Å². The highest BCUT2D eigenvalue weighted by molar-refractivity contribution is 5.73. The molecule has 2 heterocycles. The molecule has 0 aliphatic rings. The SMILES string of the molecule is CN(C)[C@@H](CNC(=O)NCc1ccccn1)c1ccco1. The second-order valence-electron chi connectivity index (χ2n) is 4.88. The molecule has 2 aromatic rings.